The number of methoxy groups -OCH3 is 2. The maximum absolute atomic E-state index is 13.2. The van der Waals surface area contributed by atoms with Crippen LogP contribution in [0.2, 0.25) is 0 Å². The molecule has 2 aromatic rings. The first-order valence-electron chi connectivity index (χ1n) is 10.2. The van der Waals surface area contributed by atoms with Gasteiger partial charge in [0.15, 0.2) is 5.52 Å². The van der Waals surface area contributed by atoms with Crippen molar-refractivity contribution >= 4 is 19.4 Å². The number of ether oxygens (including phenoxy) is 6. The monoisotopic (exact) mass is 458 g/mol. The molecule has 1 atom stereocenters. The summed E-state index contributed by atoms with van der Waals surface area (Å²) in [5.41, 5.74) is 0.317. The summed E-state index contributed by atoms with van der Waals surface area (Å²) >= 11 is 0. The number of carbonyl (C=O) groups is 1. The average molecular weight is 458 g/mol. The summed E-state index contributed by atoms with van der Waals surface area (Å²) in [6, 6.07) is 10.8. The number of carbonyl (C=O) groups excluding carboxylic acids is 1. The largest absolute Gasteiger partial charge is 1.00 e. The topological polar surface area (TPSA) is 72.5 Å². The van der Waals surface area contributed by atoms with Gasteiger partial charge in [-0.15, -0.1) is 0 Å². The summed E-state index contributed by atoms with van der Waals surface area (Å²) in [6.45, 7) is 6.90. The minimum Gasteiger partial charge on any atom is -1.00 e. The molecule has 0 heterocycles. The van der Waals surface area contributed by atoms with E-state index in [1.807, 2.05) is 26.0 Å². The molecule has 0 aliphatic heterocycles. The third kappa shape index (κ3) is 8.65. The zero-order chi connectivity index (χ0) is 22.5. The molecule has 0 aliphatic rings. The fraction of sp³-hybridized carbons (Fsp3) is 0.435. The molecule has 0 spiro atoms. The fourth-order valence-electron chi connectivity index (χ4n) is 2.79. The maximum Gasteiger partial charge on any atom is 1.00 e. The van der Waals surface area contributed by atoms with E-state index in [2.05, 4.69) is 0 Å². The molecule has 172 valence electrons. The van der Waals surface area contributed by atoms with Crippen LogP contribution in [0.1, 0.15) is 25.6 Å². The molecule has 0 saturated heterocycles. The van der Waals surface area contributed by atoms with E-state index in [1.54, 1.807) is 24.3 Å². The Labute approximate surface area is 205 Å². The van der Waals surface area contributed by atoms with Gasteiger partial charge in [-0.05, 0) is 46.7 Å². The number of benzene rings is 2. The van der Waals surface area contributed by atoms with Crippen molar-refractivity contribution in [3.8, 4) is 23.0 Å². The predicted molar refractivity (Wildman–Crippen MR) is 123 cm³/mol. The molecule has 0 aliphatic carbocycles. The second-order valence-corrected chi connectivity index (χ2v) is 7.48. The SMILES string of the molecule is CCOCCOc1ccc(PC(=O)c2c(OC)cccc2OC)c(OCCOCC)c1.[H-].[Li+]. The van der Waals surface area contributed by atoms with Gasteiger partial charge in [-0.1, -0.05) is 6.07 Å². The van der Waals surface area contributed by atoms with Crippen molar-refractivity contribution in [1.82, 2.24) is 0 Å². The third-order valence-electron chi connectivity index (χ3n) is 4.25. The quantitative estimate of drug-likeness (QED) is 0.222. The smallest absolute Gasteiger partial charge is 1.00 e. The van der Waals surface area contributed by atoms with E-state index in [4.69, 9.17) is 28.4 Å². The molecule has 9 heteroatoms. The minimum absolute atomic E-state index is 0. The van der Waals surface area contributed by atoms with Crippen LogP contribution in [0.25, 0.3) is 0 Å². The van der Waals surface area contributed by atoms with E-state index >= 15 is 0 Å². The summed E-state index contributed by atoms with van der Waals surface area (Å²) in [5, 5.41) is 0.770. The summed E-state index contributed by atoms with van der Waals surface area (Å²) in [6.07, 6.45) is 0. The van der Waals surface area contributed by atoms with Crippen LogP contribution < -0.4 is 43.1 Å². The Bertz CT molecular complexity index is 816. The van der Waals surface area contributed by atoms with Gasteiger partial charge in [0, 0.05) is 24.6 Å². The van der Waals surface area contributed by atoms with Crippen molar-refractivity contribution in [3.05, 3.63) is 42.0 Å². The summed E-state index contributed by atoms with van der Waals surface area (Å²) in [5.74, 6) is 2.20. The molecule has 0 radical (unpaired) electrons. The van der Waals surface area contributed by atoms with Gasteiger partial charge in [-0.3, -0.25) is 4.79 Å². The molecular weight excluding hydrogens is 426 g/mol. The molecule has 2 aromatic carbocycles. The van der Waals surface area contributed by atoms with Gasteiger partial charge in [0.1, 0.15) is 41.8 Å². The molecule has 0 fully saturated rings. The number of hydrogen-bond acceptors (Lipinski definition) is 7. The van der Waals surface area contributed by atoms with E-state index in [9.17, 15) is 4.79 Å². The van der Waals surface area contributed by atoms with Crippen LogP contribution in [0, 0.1) is 0 Å². The van der Waals surface area contributed by atoms with Gasteiger partial charge in [-0.2, -0.15) is 0 Å². The summed E-state index contributed by atoms with van der Waals surface area (Å²) in [7, 11) is 2.89. The molecule has 0 N–H and O–H groups in total. The summed E-state index contributed by atoms with van der Waals surface area (Å²) < 4.78 is 33.1. The molecule has 2 rings (SSSR count). The van der Waals surface area contributed by atoms with Crippen molar-refractivity contribution in [1.29, 1.82) is 0 Å². The second-order valence-electron chi connectivity index (χ2n) is 6.24. The van der Waals surface area contributed by atoms with E-state index in [-0.39, 0.29) is 34.4 Å². The van der Waals surface area contributed by atoms with Crippen molar-refractivity contribution in [3.63, 3.8) is 0 Å². The molecule has 0 saturated carbocycles. The van der Waals surface area contributed by atoms with Gasteiger partial charge in [-0.25, -0.2) is 0 Å². The van der Waals surface area contributed by atoms with Crippen molar-refractivity contribution < 1.29 is 53.5 Å². The number of hydrogen-bond donors (Lipinski definition) is 0. The van der Waals surface area contributed by atoms with Crippen molar-refractivity contribution in [2.75, 3.05) is 53.9 Å². The second kappa shape index (κ2) is 16.0. The third-order valence-corrected chi connectivity index (χ3v) is 5.41. The van der Waals surface area contributed by atoms with Crippen LogP contribution >= 0.6 is 8.58 Å². The Morgan fingerprint density at radius 2 is 1.44 bits per heavy atom. The van der Waals surface area contributed by atoms with Gasteiger partial charge in [0.25, 0.3) is 0 Å². The van der Waals surface area contributed by atoms with Crippen LogP contribution in [-0.2, 0) is 9.47 Å². The Hall–Kier alpha value is -1.74. The Balaban J connectivity index is 0.00000512. The summed E-state index contributed by atoms with van der Waals surface area (Å²) in [4.78, 5) is 13.2. The van der Waals surface area contributed by atoms with E-state index in [1.165, 1.54) is 14.2 Å². The van der Waals surface area contributed by atoms with Crippen LogP contribution in [0.5, 0.6) is 23.0 Å². The van der Waals surface area contributed by atoms with E-state index < -0.39 is 0 Å². The predicted octanol–water partition coefficient (Wildman–Crippen LogP) is 0.795. The Kier molecular flexibility index (Phi) is 14.1. The van der Waals surface area contributed by atoms with Crippen molar-refractivity contribution in [2.45, 2.75) is 13.8 Å². The molecular formula is C23H32LiO7P. The van der Waals surface area contributed by atoms with E-state index in [0.717, 1.165) is 5.30 Å². The Morgan fingerprint density at radius 1 is 0.844 bits per heavy atom. The fourth-order valence-corrected chi connectivity index (χ4v) is 3.84. The van der Waals surface area contributed by atoms with Crippen LogP contribution in [0.4, 0.5) is 0 Å². The van der Waals surface area contributed by atoms with Crippen molar-refractivity contribution in [2.24, 2.45) is 0 Å². The van der Waals surface area contributed by atoms with Gasteiger partial charge < -0.3 is 29.8 Å². The number of rotatable bonds is 15. The van der Waals surface area contributed by atoms with Gasteiger partial charge in [0.05, 0.1) is 27.4 Å². The van der Waals surface area contributed by atoms with Gasteiger partial charge in [0.2, 0.25) is 0 Å². The average Bonchev–Trinajstić information content (AvgIpc) is 2.80. The van der Waals surface area contributed by atoms with Gasteiger partial charge >= 0.3 is 18.9 Å². The first-order chi connectivity index (χ1) is 15.1. The normalized spacial score (nSPS) is 10.6. The minimum atomic E-state index is -0.181. The molecule has 0 bridgehead atoms. The zero-order valence-corrected chi connectivity index (χ0v) is 20.6. The Morgan fingerprint density at radius 3 is 2.00 bits per heavy atom. The first-order valence-corrected chi connectivity index (χ1v) is 11.2. The molecule has 7 nitrogen and oxygen atoms in total. The van der Waals surface area contributed by atoms with Crippen LogP contribution in [0.3, 0.4) is 0 Å². The maximum atomic E-state index is 13.2. The molecule has 0 amide bonds. The zero-order valence-electron chi connectivity index (χ0n) is 20.6. The molecule has 1 unspecified atom stereocenters. The molecule has 32 heavy (non-hydrogen) atoms. The van der Waals surface area contributed by atoms with E-state index in [0.29, 0.717) is 68.2 Å². The molecule has 0 aromatic heterocycles. The first kappa shape index (κ1) is 28.3. The standard InChI is InChI=1S/C23H31O7P.Li.H/c1-5-27-12-14-29-17-10-11-21(20(16-17)30-15-13-28-6-2)31-23(24)22-18(25-3)8-7-9-19(22)26-4;;/h7-11,16,31H,5-6,12-15H2,1-4H3;;/q;+1;-1. The van der Waals surface area contributed by atoms with Crippen LogP contribution in [0.15, 0.2) is 36.4 Å². The van der Waals surface area contributed by atoms with Crippen LogP contribution in [-0.4, -0.2) is 59.4 Å².